The van der Waals surface area contributed by atoms with E-state index < -0.39 is 12.0 Å². The van der Waals surface area contributed by atoms with E-state index in [9.17, 15) is 4.79 Å². The summed E-state index contributed by atoms with van der Waals surface area (Å²) < 4.78 is 11.3. The number of nitrogens with one attached hydrogen (secondary N) is 1. The first kappa shape index (κ1) is 15.3. The molecule has 0 bridgehead atoms. The Bertz CT molecular complexity index is 397. The van der Waals surface area contributed by atoms with Crippen LogP contribution in [0, 0.1) is 0 Å². The summed E-state index contributed by atoms with van der Waals surface area (Å²) in [7, 11) is 1.85. The number of para-hydroxylation sites is 1. The zero-order valence-corrected chi connectivity index (χ0v) is 11.7. The third-order valence-corrected chi connectivity index (χ3v) is 2.68. The number of rotatable bonds is 8. The largest absolute Gasteiger partial charge is 0.490 e. The number of carbonyl (C=O) groups excluding carboxylic acids is 1. The molecule has 1 atom stereocenters. The lowest BCUT2D eigenvalue weighted by atomic mass is 10.1. The number of ether oxygens (including phenoxy) is 2. The van der Waals surface area contributed by atoms with Gasteiger partial charge in [0, 0.05) is 12.1 Å². The van der Waals surface area contributed by atoms with Crippen molar-refractivity contribution in [1.29, 1.82) is 0 Å². The van der Waals surface area contributed by atoms with Crippen LogP contribution in [-0.2, 0) is 11.3 Å². The monoisotopic (exact) mass is 266 g/mol. The Morgan fingerprint density at radius 1 is 1.42 bits per heavy atom. The van der Waals surface area contributed by atoms with Crippen LogP contribution >= 0.6 is 0 Å². The van der Waals surface area contributed by atoms with Gasteiger partial charge in [-0.2, -0.15) is 0 Å². The molecular weight excluding hydrogens is 244 g/mol. The van der Waals surface area contributed by atoms with Crippen molar-refractivity contribution in [1.82, 2.24) is 5.32 Å². The van der Waals surface area contributed by atoms with Crippen molar-refractivity contribution >= 4 is 5.91 Å². The highest BCUT2D eigenvalue weighted by molar-refractivity contribution is 5.79. The Morgan fingerprint density at radius 3 is 2.68 bits per heavy atom. The van der Waals surface area contributed by atoms with Gasteiger partial charge in [-0.25, -0.2) is 0 Å². The summed E-state index contributed by atoms with van der Waals surface area (Å²) in [5, 5.41) is 3.06. The summed E-state index contributed by atoms with van der Waals surface area (Å²) in [5.74, 6) is 0.753. The van der Waals surface area contributed by atoms with Crippen LogP contribution in [0.5, 0.6) is 11.5 Å². The Morgan fingerprint density at radius 2 is 2.16 bits per heavy atom. The molecule has 0 saturated heterocycles. The van der Waals surface area contributed by atoms with Crippen molar-refractivity contribution < 1.29 is 14.3 Å². The average molecular weight is 266 g/mol. The Kier molecular flexibility index (Phi) is 6.15. The van der Waals surface area contributed by atoms with Gasteiger partial charge in [0.1, 0.15) is 0 Å². The fourth-order valence-electron chi connectivity index (χ4n) is 1.78. The molecule has 106 valence electrons. The quantitative estimate of drug-likeness (QED) is 0.747. The maximum absolute atomic E-state index is 11.3. The number of benzene rings is 1. The van der Waals surface area contributed by atoms with Gasteiger partial charge in [0.2, 0.25) is 0 Å². The van der Waals surface area contributed by atoms with Crippen molar-refractivity contribution in [3.05, 3.63) is 23.8 Å². The molecule has 0 spiro atoms. The fraction of sp³-hybridized carbons (Fsp3) is 0.500. The second-order valence-corrected chi connectivity index (χ2v) is 4.12. The molecule has 0 radical (unpaired) electrons. The van der Waals surface area contributed by atoms with E-state index in [1.165, 1.54) is 0 Å². The molecule has 1 aromatic carbocycles. The molecule has 1 rings (SSSR count). The molecule has 5 nitrogen and oxygen atoms in total. The first-order valence-electron chi connectivity index (χ1n) is 6.49. The number of carbonyl (C=O) groups is 1. The van der Waals surface area contributed by atoms with Gasteiger partial charge in [-0.15, -0.1) is 0 Å². The highest BCUT2D eigenvalue weighted by Gasteiger charge is 2.19. The number of nitrogens with two attached hydrogens (primary N) is 1. The molecule has 0 aliphatic rings. The summed E-state index contributed by atoms with van der Waals surface area (Å²) in [4.78, 5) is 11.3. The van der Waals surface area contributed by atoms with E-state index in [2.05, 4.69) is 5.32 Å². The molecular formula is C14H22N2O3. The molecule has 19 heavy (non-hydrogen) atoms. The van der Waals surface area contributed by atoms with Crippen molar-refractivity contribution in [2.24, 2.45) is 5.73 Å². The maximum atomic E-state index is 11.3. The van der Waals surface area contributed by atoms with Crippen LogP contribution in [0.4, 0.5) is 0 Å². The first-order valence-corrected chi connectivity index (χ1v) is 6.49. The Hall–Kier alpha value is -1.75. The normalized spacial score (nSPS) is 11.9. The summed E-state index contributed by atoms with van der Waals surface area (Å²) in [6.45, 7) is 4.93. The van der Waals surface area contributed by atoms with Crippen molar-refractivity contribution in [3.63, 3.8) is 0 Å². The number of primary amides is 1. The third kappa shape index (κ3) is 4.13. The van der Waals surface area contributed by atoms with E-state index >= 15 is 0 Å². The fourth-order valence-corrected chi connectivity index (χ4v) is 1.78. The van der Waals surface area contributed by atoms with Gasteiger partial charge in [0.25, 0.3) is 5.91 Å². The van der Waals surface area contributed by atoms with Gasteiger partial charge in [-0.3, -0.25) is 4.79 Å². The minimum absolute atomic E-state index is 0.468. The Labute approximate surface area is 114 Å². The molecule has 0 saturated carbocycles. The molecule has 0 aliphatic heterocycles. The summed E-state index contributed by atoms with van der Waals surface area (Å²) in [6.07, 6.45) is -0.119. The molecule has 3 N–H and O–H groups in total. The van der Waals surface area contributed by atoms with Gasteiger partial charge >= 0.3 is 0 Å². The zero-order chi connectivity index (χ0) is 14.3. The van der Waals surface area contributed by atoms with Crippen molar-refractivity contribution in [3.8, 4) is 11.5 Å². The van der Waals surface area contributed by atoms with Crippen LogP contribution in [0.2, 0.25) is 0 Å². The second kappa shape index (κ2) is 7.63. The predicted molar refractivity (Wildman–Crippen MR) is 74.3 cm³/mol. The van der Waals surface area contributed by atoms with Gasteiger partial charge in [-0.1, -0.05) is 19.1 Å². The number of hydrogen-bond acceptors (Lipinski definition) is 4. The summed E-state index contributed by atoms with van der Waals surface area (Å²) in [5.41, 5.74) is 6.26. The molecule has 0 heterocycles. The minimum atomic E-state index is -0.641. The average Bonchev–Trinajstić information content (AvgIpc) is 2.38. The van der Waals surface area contributed by atoms with Crippen LogP contribution in [0.25, 0.3) is 0 Å². The van der Waals surface area contributed by atoms with Gasteiger partial charge < -0.3 is 20.5 Å². The lowest BCUT2D eigenvalue weighted by Crippen LogP contribution is -2.33. The maximum Gasteiger partial charge on any atom is 0.258 e. The topological polar surface area (TPSA) is 73.6 Å². The molecule has 1 unspecified atom stereocenters. The third-order valence-electron chi connectivity index (χ3n) is 2.68. The molecule has 0 aromatic heterocycles. The summed E-state index contributed by atoms with van der Waals surface area (Å²) in [6, 6.07) is 5.66. The molecule has 5 heteroatoms. The van der Waals surface area contributed by atoms with E-state index in [4.69, 9.17) is 15.2 Å². The van der Waals surface area contributed by atoms with E-state index in [1.807, 2.05) is 39.1 Å². The van der Waals surface area contributed by atoms with Gasteiger partial charge in [0.15, 0.2) is 17.6 Å². The standard InChI is InChI=1S/C14H22N2O3/c1-4-11(14(15)17)19-13-10(9-16-3)7-6-8-12(13)18-5-2/h6-8,11,16H,4-5,9H2,1-3H3,(H2,15,17). The molecule has 1 amide bonds. The SMILES string of the molecule is CCOc1cccc(CNC)c1OC(CC)C(N)=O. The van der Waals surface area contributed by atoms with Crippen LogP contribution in [0.3, 0.4) is 0 Å². The highest BCUT2D eigenvalue weighted by atomic mass is 16.5. The first-order chi connectivity index (χ1) is 9.13. The second-order valence-electron chi connectivity index (χ2n) is 4.12. The number of amides is 1. The van der Waals surface area contributed by atoms with E-state index in [-0.39, 0.29) is 0 Å². The van der Waals surface area contributed by atoms with Gasteiger partial charge in [0.05, 0.1) is 6.61 Å². The number of hydrogen-bond donors (Lipinski definition) is 2. The van der Waals surface area contributed by atoms with Crippen molar-refractivity contribution in [2.45, 2.75) is 32.9 Å². The van der Waals surface area contributed by atoms with Crippen LogP contribution in [0.1, 0.15) is 25.8 Å². The molecule has 0 aliphatic carbocycles. The Balaban J connectivity index is 3.08. The predicted octanol–water partition coefficient (Wildman–Crippen LogP) is 1.45. The highest BCUT2D eigenvalue weighted by Crippen LogP contribution is 2.32. The van der Waals surface area contributed by atoms with Crippen molar-refractivity contribution in [2.75, 3.05) is 13.7 Å². The van der Waals surface area contributed by atoms with Crippen LogP contribution in [-0.4, -0.2) is 25.7 Å². The molecule has 1 aromatic rings. The lowest BCUT2D eigenvalue weighted by molar-refractivity contribution is -0.124. The zero-order valence-electron chi connectivity index (χ0n) is 11.7. The smallest absolute Gasteiger partial charge is 0.258 e. The lowest BCUT2D eigenvalue weighted by Gasteiger charge is -2.20. The van der Waals surface area contributed by atoms with Crippen LogP contribution < -0.4 is 20.5 Å². The minimum Gasteiger partial charge on any atom is -0.490 e. The van der Waals surface area contributed by atoms with E-state index in [0.29, 0.717) is 31.1 Å². The van der Waals surface area contributed by atoms with Crippen LogP contribution in [0.15, 0.2) is 18.2 Å². The van der Waals surface area contributed by atoms with Gasteiger partial charge in [-0.05, 0) is 26.5 Å². The van der Waals surface area contributed by atoms with E-state index in [1.54, 1.807) is 0 Å². The summed E-state index contributed by atoms with van der Waals surface area (Å²) >= 11 is 0. The van der Waals surface area contributed by atoms with E-state index in [0.717, 1.165) is 5.56 Å². The molecule has 0 fully saturated rings.